The summed E-state index contributed by atoms with van der Waals surface area (Å²) in [5.41, 5.74) is 0. The molecule has 0 amide bonds. The van der Waals surface area contributed by atoms with Gasteiger partial charge in [-0.2, -0.15) is 0 Å². The minimum Gasteiger partial charge on any atom is -0.378 e. The van der Waals surface area contributed by atoms with E-state index in [1.165, 1.54) is 6.54 Å². The topological polar surface area (TPSA) is 24.5 Å². The molecule has 1 N–H and O–H groups in total. The Balaban J connectivity index is 1.88. The Bertz CT molecular complexity index is 134. The van der Waals surface area contributed by atoms with Crippen LogP contribution in [0, 0.1) is 0 Å². The van der Waals surface area contributed by atoms with E-state index in [2.05, 4.69) is 17.1 Å². The molecule has 2 heterocycles. The van der Waals surface area contributed by atoms with Crippen molar-refractivity contribution in [1.29, 1.82) is 0 Å². The van der Waals surface area contributed by atoms with Crippen LogP contribution in [-0.2, 0) is 4.74 Å². The summed E-state index contributed by atoms with van der Waals surface area (Å²) in [6, 6.07) is 1.41. The van der Waals surface area contributed by atoms with Crippen LogP contribution in [0.3, 0.4) is 0 Å². The molecule has 0 spiro atoms. The fourth-order valence-electron chi connectivity index (χ4n) is 1.81. The number of rotatable bonds is 1. The second-order valence-corrected chi connectivity index (χ2v) is 3.48. The Kier molecular flexibility index (Phi) is 2.11. The first kappa shape index (κ1) is 7.53. The highest BCUT2D eigenvalue weighted by Crippen LogP contribution is 2.14. The lowest BCUT2D eigenvalue weighted by Gasteiger charge is -2.43. The second-order valence-electron chi connectivity index (χ2n) is 3.48. The Hall–Kier alpha value is -0.120. The van der Waals surface area contributed by atoms with Crippen LogP contribution in [0.1, 0.15) is 6.92 Å². The zero-order valence-electron chi connectivity index (χ0n) is 7.05. The van der Waals surface area contributed by atoms with E-state index in [0.717, 1.165) is 26.3 Å². The smallest absolute Gasteiger partial charge is 0.0645 e. The first-order valence-corrected chi connectivity index (χ1v) is 4.42. The van der Waals surface area contributed by atoms with E-state index < -0.39 is 0 Å². The summed E-state index contributed by atoms with van der Waals surface area (Å²) in [6.07, 6.45) is 0. The molecular weight excluding hydrogens is 140 g/mol. The number of hydrogen-bond acceptors (Lipinski definition) is 3. The fourth-order valence-corrected chi connectivity index (χ4v) is 1.81. The van der Waals surface area contributed by atoms with Gasteiger partial charge in [-0.15, -0.1) is 0 Å². The van der Waals surface area contributed by atoms with Gasteiger partial charge in [0.2, 0.25) is 0 Å². The molecule has 0 aromatic carbocycles. The van der Waals surface area contributed by atoms with Gasteiger partial charge in [-0.1, -0.05) is 0 Å². The molecule has 2 aliphatic heterocycles. The minimum absolute atomic E-state index is 0.692. The van der Waals surface area contributed by atoms with Crippen molar-refractivity contribution in [3.63, 3.8) is 0 Å². The van der Waals surface area contributed by atoms with Gasteiger partial charge in [0.05, 0.1) is 19.3 Å². The molecular formula is C8H16N2O. The Morgan fingerprint density at radius 3 is 2.82 bits per heavy atom. The highest BCUT2D eigenvalue weighted by Gasteiger charge is 2.30. The molecule has 0 bridgehead atoms. The quantitative estimate of drug-likeness (QED) is 0.563. The summed E-state index contributed by atoms with van der Waals surface area (Å²) in [5.74, 6) is 0. The number of piperazine rings is 1. The average Bonchev–Trinajstić information content (AvgIpc) is 1.90. The second kappa shape index (κ2) is 3.09. The lowest BCUT2D eigenvalue weighted by molar-refractivity contribution is -0.0815. The Morgan fingerprint density at radius 1 is 1.45 bits per heavy atom. The predicted octanol–water partition coefficient (Wildman–Crippen LogP) is -0.321. The number of ether oxygens (including phenoxy) is 1. The molecule has 0 radical (unpaired) electrons. The lowest BCUT2D eigenvalue weighted by atomic mass is 10.1. The fraction of sp³-hybridized carbons (Fsp3) is 1.00. The number of nitrogens with zero attached hydrogens (tertiary/aromatic N) is 1. The largest absolute Gasteiger partial charge is 0.378 e. The maximum absolute atomic E-state index is 5.17. The summed E-state index contributed by atoms with van der Waals surface area (Å²) in [7, 11) is 0. The van der Waals surface area contributed by atoms with Gasteiger partial charge >= 0.3 is 0 Å². The molecule has 0 saturated carbocycles. The monoisotopic (exact) mass is 156 g/mol. The van der Waals surface area contributed by atoms with Crippen LogP contribution in [0.5, 0.6) is 0 Å². The molecule has 1 atom stereocenters. The molecule has 3 heteroatoms. The van der Waals surface area contributed by atoms with Gasteiger partial charge in [0.15, 0.2) is 0 Å². The number of hydrogen-bond donors (Lipinski definition) is 1. The molecule has 0 aliphatic carbocycles. The molecule has 2 rings (SSSR count). The van der Waals surface area contributed by atoms with Gasteiger partial charge in [0.25, 0.3) is 0 Å². The van der Waals surface area contributed by atoms with E-state index in [1.54, 1.807) is 0 Å². The first-order valence-electron chi connectivity index (χ1n) is 4.42. The number of nitrogens with one attached hydrogen (secondary N) is 1. The van der Waals surface area contributed by atoms with Gasteiger partial charge in [-0.3, -0.25) is 4.90 Å². The van der Waals surface area contributed by atoms with Crippen molar-refractivity contribution in [2.45, 2.75) is 19.0 Å². The van der Waals surface area contributed by atoms with Crippen molar-refractivity contribution >= 4 is 0 Å². The molecule has 0 aromatic heterocycles. The molecule has 2 fully saturated rings. The van der Waals surface area contributed by atoms with Gasteiger partial charge in [-0.05, 0) is 6.92 Å². The van der Waals surface area contributed by atoms with E-state index in [1.807, 2.05) is 0 Å². The highest BCUT2D eigenvalue weighted by molar-refractivity contribution is 4.85. The zero-order valence-corrected chi connectivity index (χ0v) is 7.05. The summed E-state index contributed by atoms with van der Waals surface area (Å²) in [6.45, 7) is 7.64. The van der Waals surface area contributed by atoms with Crippen molar-refractivity contribution in [2.75, 3.05) is 32.8 Å². The van der Waals surface area contributed by atoms with Gasteiger partial charge < -0.3 is 10.1 Å². The summed E-state index contributed by atoms with van der Waals surface area (Å²) >= 11 is 0. The van der Waals surface area contributed by atoms with Crippen molar-refractivity contribution in [3.8, 4) is 0 Å². The van der Waals surface area contributed by atoms with Gasteiger partial charge in [0.1, 0.15) is 0 Å². The SMILES string of the molecule is CC1CNCCN1C1COC1. The van der Waals surface area contributed by atoms with E-state index in [-0.39, 0.29) is 0 Å². The van der Waals surface area contributed by atoms with E-state index in [0.29, 0.717) is 12.1 Å². The summed E-state index contributed by atoms with van der Waals surface area (Å²) < 4.78 is 5.17. The maximum Gasteiger partial charge on any atom is 0.0645 e. The van der Waals surface area contributed by atoms with Gasteiger partial charge in [-0.25, -0.2) is 0 Å². The third-order valence-corrected chi connectivity index (χ3v) is 2.64. The third-order valence-electron chi connectivity index (χ3n) is 2.64. The van der Waals surface area contributed by atoms with Crippen molar-refractivity contribution in [1.82, 2.24) is 10.2 Å². The van der Waals surface area contributed by atoms with Crippen molar-refractivity contribution in [3.05, 3.63) is 0 Å². The third kappa shape index (κ3) is 1.41. The zero-order chi connectivity index (χ0) is 7.68. The molecule has 11 heavy (non-hydrogen) atoms. The van der Waals surface area contributed by atoms with Crippen molar-refractivity contribution < 1.29 is 4.74 Å². The predicted molar refractivity (Wildman–Crippen MR) is 43.6 cm³/mol. The van der Waals surface area contributed by atoms with Crippen LogP contribution >= 0.6 is 0 Å². The van der Waals surface area contributed by atoms with Crippen LogP contribution in [0.4, 0.5) is 0 Å². The molecule has 0 aromatic rings. The summed E-state index contributed by atoms with van der Waals surface area (Å²) in [5, 5.41) is 3.39. The van der Waals surface area contributed by atoms with Crippen LogP contribution < -0.4 is 5.32 Å². The first-order chi connectivity index (χ1) is 5.38. The summed E-state index contributed by atoms with van der Waals surface area (Å²) in [4.78, 5) is 2.56. The van der Waals surface area contributed by atoms with Crippen LogP contribution in [0.15, 0.2) is 0 Å². The van der Waals surface area contributed by atoms with E-state index in [9.17, 15) is 0 Å². The molecule has 2 saturated heterocycles. The van der Waals surface area contributed by atoms with Crippen molar-refractivity contribution in [2.24, 2.45) is 0 Å². The molecule has 3 nitrogen and oxygen atoms in total. The Morgan fingerprint density at radius 2 is 2.27 bits per heavy atom. The highest BCUT2D eigenvalue weighted by atomic mass is 16.5. The Labute approximate surface area is 67.7 Å². The molecule has 64 valence electrons. The van der Waals surface area contributed by atoms with Crippen LogP contribution in [0.25, 0.3) is 0 Å². The van der Waals surface area contributed by atoms with Crippen LogP contribution in [-0.4, -0.2) is 49.8 Å². The normalized spacial score (nSPS) is 35.2. The standard InChI is InChI=1S/C8H16N2O/c1-7-4-9-2-3-10(7)8-5-11-6-8/h7-9H,2-6H2,1H3. The van der Waals surface area contributed by atoms with Crippen LogP contribution in [0.2, 0.25) is 0 Å². The van der Waals surface area contributed by atoms with E-state index >= 15 is 0 Å². The molecule has 1 unspecified atom stereocenters. The van der Waals surface area contributed by atoms with E-state index in [4.69, 9.17) is 4.74 Å². The molecule has 2 aliphatic rings. The van der Waals surface area contributed by atoms with Gasteiger partial charge in [0, 0.05) is 25.7 Å². The average molecular weight is 156 g/mol. The minimum atomic E-state index is 0.692. The lowest BCUT2D eigenvalue weighted by Crippen LogP contribution is -2.59. The maximum atomic E-state index is 5.17.